The maximum atomic E-state index is 10.6. The maximum Gasteiger partial charge on any atom is 0.130 e. The van der Waals surface area contributed by atoms with Gasteiger partial charge in [-0.15, -0.1) is 0 Å². The second-order valence-corrected chi connectivity index (χ2v) is 3.52. The van der Waals surface area contributed by atoms with Gasteiger partial charge in [-0.25, -0.2) is 0 Å². The Hall–Kier alpha value is -0.330. The van der Waals surface area contributed by atoms with Crippen LogP contribution in [0.1, 0.15) is 39.5 Å². The molecule has 1 aliphatic carbocycles. The summed E-state index contributed by atoms with van der Waals surface area (Å²) < 4.78 is 0. The van der Waals surface area contributed by atoms with Crippen molar-refractivity contribution in [3.63, 3.8) is 0 Å². The first-order chi connectivity index (χ1) is 4.72. The van der Waals surface area contributed by atoms with Gasteiger partial charge in [0.2, 0.25) is 0 Å². The lowest BCUT2D eigenvalue weighted by atomic mass is 9.71. The molecular formula is C9H16O. The topological polar surface area (TPSA) is 17.1 Å². The van der Waals surface area contributed by atoms with Crippen LogP contribution in [0.3, 0.4) is 0 Å². The van der Waals surface area contributed by atoms with Gasteiger partial charge in [-0.2, -0.15) is 0 Å². The second-order valence-electron chi connectivity index (χ2n) is 3.52. The van der Waals surface area contributed by atoms with Crippen LogP contribution >= 0.6 is 0 Å². The lowest BCUT2D eigenvalue weighted by Gasteiger charge is -2.33. The summed E-state index contributed by atoms with van der Waals surface area (Å²) in [5.41, 5.74) is 0. The molecule has 1 fully saturated rings. The van der Waals surface area contributed by atoms with Gasteiger partial charge in [0, 0.05) is 6.42 Å². The monoisotopic (exact) mass is 140 g/mol. The van der Waals surface area contributed by atoms with Crippen LogP contribution in [0.15, 0.2) is 0 Å². The molecule has 1 aliphatic rings. The molecule has 0 saturated heterocycles. The summed E-state index contributed by atoms with van der Waals surface area (Å²) in [5, 5.41) is 0. The largest absolute Gasteiger partial charge is 0.300 e. The van der Waals surface area contributed by atoms with Crippen LogP contribution in [0.4, 0.5) is 0 Å². The molecule has 0 spiro atoms. The van der Waals surface area contributed by atoms with Crippen molar-refractivity contribution in [2.24, 2.45) is 11.8 Å². The van der Waals surface area contributed by atoms with Crippen LogP contribution in [0.2, 0.25) is 0 Å². The third-order valence-corrected chi connectivity index (χ3v) is 2.49. The molecule has 0 aromatic heterocycles. The minimum atomic E-state index is 0.361. The highest BCUT2D eigenvalue weighted by molar-refractivity contribution is 5.75. The summed E-state index contributed by atoms with van der Waals surface area (Å²) in [5.74, 6) is 2.03. The Kier molecular flexibility index (Phi) is 2.47. The van der Waals surface area contributed by atoms with Gasteiger partial charge in [-0.3, -0.25) is 0 Å². The molecule has 0 amide bonds. The quantitative estimate of drug-likeness (QED) is 0.588. The number of ketones is 1. The first kappa shape index (κ1) is 7.77. The molecule has 0 unspecified atom stereocenters. The van der Waals surface area contributed by atoms with E-state index in [0.717, 1.165) is 18.3 Å². The predicted octanol–water partition coefficient (Wildman–Crippen LogP) is 2.40. The molecule has 0 heterocycles. The number of hydrogen-bond acceptors (Lipinski definition) is 1. The highest BCUT2D eigenvalue weighted by Crippen LogP contribution is 2.37. The summed E-state index contributed by atoms with van der Waals surface area (Å²) in [6, 6.07) is 0. The smallest absolute Gasteiger partial charge is 0.130 e. The Morgan fingerprint density at radius 3 is 2.40 bits per heavy atom. The molecule has 0 aromatic rings. The van der Waals surface area contributed by atoms with E-state index in [0.29, 0.717) is 5.78 Å². The highest BCUT2D eigenvalue weighted by Gasteiger charge is 2.27. The van der Waals surface area contributed by atoms with Crippen molar-refractivity contribution >= 4 is 5.78 Å². The van der Waals surface area contributed by atoms with E-state index < -0.39 is 0 Å². The van der Waals surface area contributed by atoms with Gasteiger partial charge in [-0.05, 0) is 31.6 Å². The zero-order valence-corrected chi connectivity index (χ0v) is 6.89. The number of rotatable bonds is 3. The summed E-state index contributed by atoms with van der Waals surface area (Å²) in [4.78, 5) is 10.6. The normalized spacial score (nSPS) is 31.4. The molecule has 1 rings (SSSR count). The van der Waals surface area contributed by atoms with Crippen LogP contribution in [0.5, 0.6) is 0 Å². The van der Waals surface area contributed by atoms with E-state index in [2.05, 4.69) is 6.92 Å². The molecule has 1 saturated carbocycles. The third kappa shape index (κ3) is 1.83. The van der Waals surface area contributed by atoms with Crippen molar-refractivity contribution in [2.75, 3.05) is 0 Å². The number of hydrogen-bond donors (Lipinski definition) is 0. The Morgan fingerprint density at radius 2 is 2.00 bits per heavy atom. The van der Waals surface area contributed by atoms with Gasteiger partial charge in [-0.1, -0.05) is 13.3 Å². The zero-order chi connectivity index (χ0) is 7.56. The van der Waals surface area contributed by atoms with Gasteiger partial charge < -0.3 is 4.79 Å². The average Bonchev–Trinajstić information content (AvgIpc) is 1.76. The lowest BCUT2D eigenvalue weighted by Crippen LogP contribution is -2.24. The van der Waals surface area contributed by atoms with Crippen LogP contribution in [0, 0.1) is 11.8 Å². The second kappa shape index (κ2) is 3.18. The van der Waals surface area contributed by atoms with E-state index in [1.165, 1.54) is 19.3 Å². The number of carbonyl (C=O) groups is 1. The first-order valence-electron chi connectivity index (χ1n) is 4.21. The first-order valence-corrected chi connectivity index (χ1v) is 4.21. The zero-order valence-electron chi connectivity index (χ0n) is 6.89. The van der Waals surface area contributed by atoms with Crippen LogP contribution in [-0.4, -0.2) is 5.78 Å². The van der Waals surface area contributed by atoms with Crippen molar-refractivity contribution in [1.29, 1.82) is 0 Å². The molecule has 0 aromatic carbocycles. The lowest BCUT2D eigenvalue weighted by molar-refractivity contribution is -0.118. The van der Waals surface area contributed by atoms with E-state index >= 15 is 0 Å². The van der Waals surface area contributed by atoms with Gasteiger partial charge in [0.15, 0.2) is 0 Å². The minimum absolute atomic E-state index is 0.361. The molecule has 0 atom stereocenters. The Labute approximate surface area is 62.8 Å². The van der Waals surface area contributed by atoms with Crippen LogP contribution < -0.4 is 0 Å². The van der Waals surface area contributed by atoms with Crippen molar-refractivity contribution in [2.45, 2.75) is 39.5 Å². The van der Waals surface area contributed by atoms with Crippen molar-refractivity contribution in [3.8, 4) is 0 Å². The van der Waals surface area contributed by atoms with Crippen molar-refractivity contribution < 1.29 is 4.79 Å². The van der Waals surface area contributed by atoms with E-state index in [1.54, 1.807) is 6.92 Å². The molecule has 58 valence electrons. The Bertz CT molecular complexity index is 123. The van der Waals surface area contributed by atoms with Gasteiger partial charge in [0.05, 0.1) is 0 Å². The molecule has 0 N–H and O–H groups in total. The maximum absolute atomic E-state index is 10.6. The molecule has 1 nitrogen and oxygen atoms in total. The summed E-state index contributed by atoms with van der Waals surface area (Å²) in [6.07, 6.45) is 4.73. The van der Waals surface area contributed by atoms with Crippen LogP contribution in [0.25, 0.3) is 0 Å². The summed E-state index contributed by atoms with van der Waals surface area (Å²) in [7, 11) is 0. The number of carbonyl (C=O) groups excluding carboxylic acids is 1. The Balaban J connectivity index is 2.08. The van der Waals surface area contributed by atoms with Gasteiger partial charge >= 0.3 is 0 Å². The molecular weight excluding hydrogens is 124 g/mol. The minimum Gasteiger partial charge on any atom is -0.300 e. The molecule has 0 aliphatic heterocycles. The predicted molar refractivity (Wildman–Crippen MR) is 41.8 cm³/mol. The standard InChI is InChI=1S/C9H16O/c1-3-8-5-9(6-8)4-7(2)10/h8-9H,3-6H2,1-2H3. The molecule has 0 bridgehead atoms. The fraction of sp³-hybridized carbons (Fsp3) is 0.889. The van der Waals surface area contributed by atoms with Gasteiger partial charge in [0.25, 0.3) is 0 Å². The molecule has 1 heteroatoms. The van der Waals surface area contributed by atoms with E-state index in [9.17, 15) is 4.79 Å². The summed E-state index contributed by atoms with van der Waals surface area (Å²) in [6.45, 7) is 3.92. The number of Topliss-reactive ketones (excluding diaryl/α,β-unsaturated/α-hetero) is 1. The van der Waals surface area contributed by atoms with Crippen molar-refractivity contribution in [3.05, 3.63) is 0 Å². The fourth-order valence-electron chi connectivity index (χ4n) is 1.78. The van der Waals surface area contributed by atoms with Crippen molar-refractivity contribution in [1.82, 2.24) is 0 Å². The van der Waals surface area contributed by atoms with Crippen LogP contribution in [-0.2, 0) is 4.79 Å². The fourth-order valence-corrected chi connectivity index (χ4v) is 1.78. The molecule has 10 heavy (non-hydrogen) atoms. The Morgan fingerprint density at radius 1 is 1.40 bits per heavy atom. The van der Waals surface area contributed by atoms with E-state index in [1.807, 2.05) is 0 Å². The third-order valence-electron chi connectivity index (χ3n) is 2.49. The highest BCUT2D eigenvalue weighted by atomic mass is 16.1. The SMILES string of the molecule is CCC1CC(CC(C)=O)C1. The van der Waals surface area contributed by atoms with E-state index in [4.69, 9.17) is 0 Å². The van der Waals surface area contributed by atoms with E-state index in [-0.39, 0.29) is 0 Å². The van der Waals surface area contributed by atoms with Gasteiger partial charge in [0.1, 0.15) is 5.78 Å². The summed E-state index contributed by atoms with van der Waals surface area (Å²) >= 11 is 0. The molecule has 0 radical (unpaired) electrons. The average molecular weight is 140 g/mol.